The Morgan fingerprint density at radius 3 is 2.67 bits per heavy atom. The third-order valence-corrected chi connectivity index (χ3v) is 5.47. The molecule has 0 bridgehead atoms. The van der Waals surface area contributed by atoms with E-state index in [1.807, 2.05) is 24.3 Å². The number of benzene rings is 1. The third-order valence-electron chi connectivity index (χ3n) is 5.47. The quantitative estimate of drug-likeness (QED) is 0.835. The Morgan fingerprint density at radius 2 is 1.96 bits per heavy atom. The van der Waals surface area contributed by atoms with Crippen LogP contribution in [-0.2, 0) is 16.0 Å². The van der Waals surface area contributed by atoms with Gasteiger partial charge in [0.2, 0.25) is 11.8 Å². The molecule has 2 aliphatic rings. The van der Waals surface area contributed by atoms with Crippen molar-refractivity contribution in [3.63, 3.8) is 0 Å². The SMILES string of the molecule is CC(=O)N1CCc2cc(NC(=O)/C=C/c3cc(C)n(C4CC4)c3C)ccc21. The Kier molecular flexibility index (Phi) is 4.38. The minimum atomic E-state index is -0.146. The number of nitrogens with zero attached hydrogens (tertiary/aromatic N) is 2. The maximum absolute atomic E-state index is 12.3. The third kappa shape index (κ3) is 3.42. The van der Waals surface area contributed by atoms with Gasteiger partial charge in [0, 0.05) is 48.3 Å². The van der Waals surface area contributed by atoms with E-state index in [4.69, 9.17) is 0 Å². The second-order valence-electron chi connectivity index (χ2n) is 7.51. The number of hydrogen-bond donors (Lipinski definition) is 1. The van der Waals surface area contributed by atoms with Crippen molar-refractivity contribution in [3.05, 3.63) is 52.9 Å². The van der Waals surface area contributed by atoms with Crippen LogP contribution in [0.1, 0.15) is 48.3 Å². The first-order valence-corrected chi connectivity index (χ1v) is 9.52. The first-order chi connectivity index (χ1) is 12.9. The first kappa shape index (κ1) is 17.6. The van der Waals surface area contributed by atoms with Gasteiger partial charge in [-0.3, -0.25) is 9.59 Å². The van der Waals surface area contributed by atoms with Crippen LogP contribution in [0, 0.1) is 13.8 Å². The van der Waals surface area contributed by atoms with Crippen LogP contribution < -0.4 is 10.2 Å². The highest BCUT2D eigenvalue weighted by Crippen LogP contribution is 2.38. The van der Waals surface area contributed by atoms with Crippen LogP contribution in [0.2, 0.25) is 0 Å². The molecule has 5 nitrogen and oxygen atoms in total. The Bertz CT molecular complexity index is 951. The fraction of sp³-hybridized carbons (Fsp3) is 0.364. The summed E-state index contributed by atoms with van der Waals surface area (Å²) in [6.45, 7) is 6.52. The number of hydrogen-bond acceptors (Lipinski definition) is 2. The lowest BCUT2D eigenvalue weighted by Gasteiger charge is -2.14. The minimum Gasteiger partial charge on any atom is -0.346 e. The number of nitrogens with one attached hydrogen (secondary N) is 1. The number of fused-ring (bicyclic) bond motifs is 1. The predicted octanol–water partition coefficient (Wildman–Crippen LogP) is 4.00. The molecule has 0 spiro atoms. The maximum atomic E-state index is 12.3. The zero-order chi connectivity index (χ0) is 19.1. The molecule has 2 aromatic rings. The number of amides is 2. The van der Waals surface area contributed by atoms with Crippen molar-refractivity contribution in [3.8, 4) is 0 Å². The van der Waals surface area contributed by atoms with Crippen molar-refractivity contribution in [2.24, 2.45) is 0 Å². The lowest BCUT2D eigenvalue weighted by Crippen LogP contribution is -2.25. The Balaban J connectivity index is 1.45. The van der Waals surface area contributed by atoms with Gasteiger partial charge < -0.3 is 14.8 Å². The van der Waals surface area contributed by atoms with Gasteiger partial charge in [-0.05, 0) is 74.6 Å². The Labute approximate surface area is 159 Å². The molecule has 1 aromatic carbocycles. The normalized spacial score (nSPS) is 16.0. The van der Waals surface area contributed by atoms with Crippen LogP contribution in [0.5, 0.6) is 0 Å². The Hall–Kier alpha value is -2.82. The van der Waals surface area contributed by atoms with E-state index in [2.05, 4.69) is 29.8 Å². The molecule has 0 saturated heterocycles. The highest BCUT2D eigenvalue weighted by molar-refractivity contribution is 6.02. The molecule has 0 atom stereocenters. The molecule has 2 amide bonds. The summed E-state index contributed by atoms with van der Waals surface area (Å²) in [5, 5.41) is 2.93. The van der Waals surface area contributed by atoms with Gasteiger partial charge in [-0.2, -0.15) is 0 Å². The maximum Gasteiger partial charge on any atom is 0.248 e. The van der Waals surface area contributed by atoms with E-state index in [9.17, 15) is 9.59 Å². The second-order valence-corrected chi connectivity index (χ2v) is 7.51. The number of rotatable bonds is 4. The van der Waals surface area contributed by atoms with Crippen LogP contribution in [0.4, 0.5) is 11.4 Å². The van der Waals surface area contributed by atoms with Gasteiger partial charge in [0.1, 0.15) is 0 Å². The van der Waals surface area contributed by atoms with E-state index in [1.165, 1.54) is 24.2 Å². The van der Waals surface area contributed by atoms with E-state index >= 15 is 0 Å². The van der Waals surface area contributed by atoms with E-state index in [0.717, 1.165) is 28.9 Å². The van der Waals surface area contributed by atoms with Crippen LogP contribution in [0.15, 0.2) is 30.3 Å². The van der Waals surface area contributed by atoms with Gasteiger partial charge in [0.15, 0.2) is 0 Å². The van der Waals surface area contributed by atoms with Gasteiger partial charge in [-0.1, -0.05) is 0 Å². The molecule has 1 fully saturated rings. The van der Waals surface area contributed by atoms with Crippen LogP contribution in [0.3, 0.4) is 0 Å². The number of carbonyl (C=O) groups is 2. The second kappa shape index (κ2) is 6.72. The molecule has 1 saturated carbocycles. The molecular weight excluding hydrogens is 338 g/mol. The van der Waals surface area contributed by atoms with Crippen molar-refractivity contribution < 1.29 is 9.59 Å². The molecule has 2 heterocycles. The van der Waals surface area contributed by atoms with Gasteiger partial charge >= 0.3 is 0 Å². The minimum absolute atomic E-state index is 0.0530. The average molecular weight is 363 g/mol. The largest absolute Gasteiger partial charge is 0.346 e. The molecular formula is C22H25N3O2. The van der Waals surface area contributed by atoms with Crippen LogP contribution in [0.25, 0.3) is 6.08 Å². The van der Waals surface area contributed by atoms with E-state index in [0.29, 0.717) is 12.6 Å². The highest BCUT2D eigenvalue weighted by Gasteiger charge is 2.26. The first-order valence-electron chi connectivity index (χ1n) is 9.52. The van der Waals surface area contributed by atoms with Gasteiger partial charge in [0.05, 0.1) is 0 Å². The lowest BCUT2D eigenvalue weighted by molar-refractivity contribution is -0.116. The predicted molar refractivity (Wildman–Crippen MR) is 108 cm³/mol. The summed E-state index contributed by atoms with van der Waals surface area (Å²) in [6, 6.07) is 8.51. The number of aryl methyl sites for hydroxylation is 1. The standard InChI is InChI=1S/C22H25N3O2/c1-14-12-17(15(2)25(14)20-6-7-20)4-9-22(27)23-19-5-8-21-18(13-19)10-11-24(21)16(3)26/h4-5,8-9,12-13,20H,6-7,10-11H2,1-3H3,(H,23,27)/b9-4+. The molecule has 1 aliphatic heterocycles. The number of carbonyl (C=O) groups excluding carboxylic acids is 2. The summed E-state index contributed by atoms with van der Waals surface area (Å²) in [5.74, 6) is -0.0927. The van der Waals surface area contributed by atoms with Crippen molar-refractivity contribution in [2.45, 2.75) is 46.1 Å². The molecule has 0 radical (unpaired) electrons. The van der Waals surface area contributed by atoms with E-state index in [1.54, 1.807) is 17.9 Å². The summed E-state index contributed by atoms with van der Waals surface area (Å²) in [5.41, 5.74) is 6.38. The molecule has 1 N–H and O–H groups in total. The van der Waals surface area contributed by atoms with Gasteiger partial charge in [-0.15, -0.1) is 0 Å². The van der Waals surface area contributed by atoms with Crippen molar-refractivity contribution in [1.29, 1.82) is 0 Å². The lowest BCUT2D eigenvalue weighted by atomic mass is 10.1. The molecule has 4 rings (SSSR count). The molecule has 1 aliphatic carbocycles. The molecule has 5 heteroatoms. The molecule has 140 valence electrons. The molecule has 27 heavy (non-hydrogen) atoms. The van der Waals surface area contributed by atoms with Gasteiger partial charge in [0.25, 0.3) is 0 Å². The fourth-order valence-electron chi connectivity index (χ4n) is 4.02. The summed E-state index contributed by atoms with van der Waals surface area (Å²) in [7, 11) is 0. The van der Waals surface area contributed by atoms with E-state index < -0.39 is 0 Å². The zero-order valence-corrected chi connectivity index (χ0v) is 16.1. The van der Waals surface area contributed by atoms with Crippen LogP contribution >= 0.6 is 0 Å². The summed E-state index contributed by atoms with van der Waals surface area (Å²) >= 11 is 0. The highest BCUT2D eigenvalue weighted by atomic mass is 16.2. The summed E-state index contributed by atoms with van der Waals surface area (Å²) in [6.07, 6.45) is 6.80. The molecule has 0 unspecified atom stereocenters. The number of aromatic nitrogens is 1. The molecule has 1 aromatic heterocycles. The van der Waals surface area contributed by atoms with Crippen molar-refractivity contribution >= 4 is 29.3 Å². The fourth-order valence-corrected chi connectivity index (χ4v) is 4.02. The number of anilines is 2. The Morgan fingerprint density at radius 1 is 1.19 bits per heavy atom. The summed E-state index contributed by atoms with van der Waals surface area (Å²) < 4.78 is 2.37. The topological polar surface area (TPSA) is 54.3 Å². The average Bonchev–Trinajstić information content (AvgIpc) is 3.28. The van der Waals surface area contributed by atoms with E-state index in [-0.39, 0.29) is 11.8 Å². The van der Waals surface area contributed by atoms with Crippen molar-refractivity contribution in [2.75, 3.05) is 16.8 Å². The smallest absolute Gasteiger partial charge is 0.248 e. The summed E-state index contributed by atoms with van der Waals surface area (Å²) in [4.78, 5) is 25.7. The zero-order valence-electron chi connectivity index (χ0n) is 16.1. The van der Waals surface area contributed by atoms with Crippen LogP contribution in [-0.4, -0.2) is 22.9 Å². The van der Waals surface area contributed by atoms with Crippen molar-refractivity contribution in [1.82, 2.24) is 4.57 Å². The monoisotopic (exact) mass is 363 g/mol. The van der Waals surface area contributed by atoms with Gasteiger partial charge in [-0.25, -0.2) is 0 Å².